The average molecular weight is 810 g/mol. The van der Waals surface area contributed by atoms with Crippen LogP contribution in [0.25, 0.3) is 0 Å². The molecular weight excluding hydrogens is 733 g/mol. The van der Waals surface area contributed by atoms with Gasteiger partial charge in [0.15, 0.2) is 6.10 Å². The fraction of sp³-hybridized carbons (Fsp3) is 0.705. The highest BCUT2D eigenvalue weighted by Crippen LogP contribution is 2.43. The van der Waals surface area contributed by atoms with Crippen LogP contribution < -0.4 is 5.73 Å². The Bertz CT molecular complexity index is 1180. The molecule has 2 unspecified atom stereocenters. The van der Waals surface area contributed by atoms with Crippen molar-refractivity contribution >= 4 is 25.7 Å². The summed E-state index contributed by atoms with van der Waals surface area (Å²) in [6.45, 7) is 2.60. The molecule has 0 aromatic rings. The van der Waals surface area contributed by atoms with Crippen LogP contribution in [-0.2, 0) is 37.5 Å². The van der Waals surface area contributed by atoms with E-state index in [1.165, 1.54) is 77.0 Å². The Morgan fingerprint density at radius 2 is 1.02 bits per heavy atom. The maximum atomic E-state index is 12.6. The number of unbranched alkanes of at least 4 members (excludes halogenated alkanes) is 18. The van der Waals surface area contributed by atoms with Crippen LogP contribution in [0.1, 0.15) is 168 Å². The van der Waals surface area contributed by atoms with Gasteiger partial charge in [-0.2, -0.15) is 0 Å². The van der Waals surface area contributed by atoms with Crippen LogP contribution in [-0.4, -0.2) is 59.9 Å². The maximum Gasteiger partial charge on any atom is 0.472 e. The SMILES string of the molecule is CC/C=C/C=C/C=C/C=C/CCCCCC(=O)OC(COC(=O)CCCCCCCCC/C=C/CCCCCCCCCC)COP(=O)(O)OC[C@@H](N)C(=O)O. The molecule has 0 radical (unpaired) electrons. The number of carboxylic acids is 1. The molecule has 0 amide bonds. The molecule has 0 bridgehead atoms. The molecule has 0 rings (SSSR count). The number of hydrogen-bond acceptors (Lipinski definition) is 9. The predicted molar refractivity (Wildman–Crippen MR) is 226 cm³/mol. The number of phosphoric acid groups is 1. The summed E-state index contributed by atoms with van der Waals surface area (Å²) in [7, 11) is -4.73. The molecule has 0 aromatic heterocycles. The van der Waals surface area contributed by atoms with E-state index < -0.39 is 51.1 Å². The van der Waals surface area contributed by atoms with Gasteiger partial charge in [0.2, 0.25) is 0 Å². The van der Waals surface area contributed by atoms with E-state index in [9.17, 15) is 23.8 Å². The monoisotopic (exact) mass is 810 g/mol. The maximum absolute atomic E-state index is 12.6. The molecule has 56 heavy (non-hydrogen) atoms. The quantitative estimate of drug-likeness (QED) is 0.0177. The largest absolute Gasteiger partial charge is 0.480 e. The van der Waals surface area contributed by atoms with Gasteiger partial charge in [0.1, 0.15) is 12.6 Å². The number of allylic oxidation sites excluding steroid dienone is 10. The first-order valence-corrected chi connectivity index (χ1v) is 22.9. The minimum atomic E-state index is -4.73. The van der Waals surface area contributed by atoms with Gasteiger partial charge in [0.05, 0.1) is 13.2 Å². The molecule has 0 aliphatic rings. The van der Waals surface area contributed by atoms with Crippen LogP contribution in [0.2, 0.25) is 0 Å². The third kappa shape index (κ3) is 38.1. The number of nitrogens with two attached hydrogens (primary N) is 1. The lowest BCUT2D eigenvalue weighted by Crippen LogP contribution is -2.34. The third-order valence-corrected chi connectivity index (χ3v) is 9.79. The number of rotatable bonds is 39. The van der Waals surface area contributed by atoms with Gasteiger partial charge < -0.3 is 25.2 Å². The lowest BCUT2D eigenvalue weighted by molar-refractivity contribution is -0.161. The van der Waals surface area contributed by atoms with E-state index in [0.717, 1.165) is 51.4 Å². The Morgan fingerprint density at radius 1 is 0.571 bits per heavy atom. The van der Waals surface area contributed by atoms with Crippen molar-refractivity contribution in [2.24, 2.45) is 5.73 Å². The second-order valence-corrected chi connectivity index (χ2v) is 15.6. The zero-order valence-corrected chi connectivity index (χ0v) is 35.6. The van der Waals surface area contributed by atoms with Crippen molar-refractivity contribution in [1.82, 2.24) is 0 Å². The molecule has 0 aliphatic heterocycles. The minimum absolute atomic E-state index is 0.112. The summed E-state index contributed by atoms with van der Waals surface area (Å²) in [4.78, 5) is 45.9. The number of aliphatic carboxylic acids is 1. The number of esters is 2. The highest BCUT2D eigenvalue weighted by molar-refractivity contribution is 7.47. The van der Waals surface area contributed by atoms with E-state index >= 15 is 0 Å². The molecule has 0 fully saturated rings. The number of carboxylic acid groups (broad SMARTS) is 1. The molecule has 0 saturated heterocycles. The van der Waals surface area contributed by atoms with Crippen molar-refractivity contribution in [3.8, 4) is 0 Å². The summed E-state index contributed by atoms with van der Waals surface area (Å²) in [5, 5.41) is 8.88. The van der Waals surface area contributed by atoms with Gasteiger partial charge in [-0.3, -0.25) is 23.4 Å². The van der Waals surface area contributed by atoms with Gasteiger partial charge in [-0.15, -0.1) is 0 Å². The van der Waals surface area contributed by atoms with Gasteiger partial charge in [-0.1, -0.05) is 158 Å². The van der Waals surface area contributed by atoms with Crippen molar-refractivity contribution in [2.75, 3.05) is 19.8 Å². The van der Waals surface area contributed by atoms with E-state index in [2.05, 4.69) is 42.7 Å². The van der Waals surface area contributed by atoms with Gasteiger partial charge in [0, 0.05) is 12.8 Å². The van der Waals surface area contributed by atoms with Crippen LogP contribution in [0.4, 0.5) is 0 Å². The second kappa shape index (κ2) is 39.0. The fourth-order valence-electron chi connectivity index (χ4n) is 5.48. The zero-order valence-electron chi connectivity index (χ0n) is 34.7. The first kappa shape index (κ1) is 53.2. The van der Waals surface area contributed by atoms with E-state index in [-0.39, 0.29) is 19.4 Å². The van der Waals surface area contributed by atoms with Crippen molar-refractivity contribution in [3.05, 3.63) is 60.8 Å². The van der Waals surface area contributed by atoms with E-state index in [4.69, 9.17) is 24.8 Å². The lowest BCUT2D eigenvalue weighted by Gasteiger charge is -2.20. The number of carbonyl (C=O) groups excluding carboxylic acids is 2. The molecule has 0 aromatic carbocycles. The van der Waals surface area contributed by atoms with Crippen molar-refractivity contribution in [3.63, 3.8) is 0 Å². The highest BCUT2D eigenvalue weighted by atomic mass is 31.2. The smallest absolute Gasteiger partial charge is 0.472 e. The van der Waals surface area contributed by atoms with Crippen LogP contribution >= 0.6 is 7.82 Å². The Hall–Kier alpha value is -2.82. The molecule has 0 heterocycles. The summed E-state index contributed by atoms with van der Waals surface area (Å²) in [6, 6.07) is -1.53. The first-order valence-electron chi connectivity index (χ1n) is 21.4. The zero-order chi connectivity index (χ0) is 41.4. The molecule has 0 aliphatic carbocycles. The normalized spacial score (nSPS) is 14.4. The van der Waals surface area contributed by atoms with E-state index in [1.807, 2.05) is 36.5 Å². The number of hydrogen-bond donors (Lipinski definition) is 3. The number of phosphoric ester groups is 1. The lowest BCUT2D eigenvalue weighted by atomic mass is 10.1. The highest BCUT2D eigenvalue weighted by Gasteiger charge is 2.28. The Morgan fingerprint density at radius 3 is 1.57 bits per heavy atom. The summed E-state index contributed by atoms with van der Waals surface area (Å²) in [6.07, 6.45) is 44.4. The molecule has 0 saturated carbocycles. The molecular formula is C44H76NO10P. The summed E-state index contributed by atoms with van der Waals surface area (Å²) < 4.78 is 32.6. The van der Waals surface area contributed by atoms with E-state index in [1.54, 1.807) is 0 Å². The number of carbonyl (C=O) groups is 3. The predicted octanol–water partition coefficient (Wildman–Crippen LogP) is 11.2. The second-order valence-electron chi connectivity index (χ2n) is 14.2. The molecule has 0 spiro atoms. The van der Waals surface area contributed by atoms with Gasteiger partial charge in [0.25, 0.3) is 0 Å². The first-order chi connectivity index (χ1) is 27.1. The molecule has 12 heteroatoms. The standard InChI is InChI=1S/C44H76NO10P/c1-3-5-7-9-11-13-15-17-18-19-20-21-22-24-25-27-29-31-33-35-42(46)52-37-40(38-53-56(50,51)54-39-41(45)44(48)49)55-43(47)36-34-32-30-28-26-23-16-14-12-10-8-6-4-2/h6,8,10,12,14,16,19-20,23,26,40-41H,3-5,7,9,11,13,15,17-18,21-22,24-25,27-39,45H2,1-2H3,(H,48,49)(H,50,51)/b8-6+,12-10+,16-14+,20-19+,26-23+/t40?,41-/m1/s1. The van der Waals surface area contributed by atoms with Crippen molar-refractivity contribution in [2.45, 2.75) is 180 Å². The Balaban J connectivity index is 4.39. The topological polar surface area (TPSA) is 172 Å². The summed E-state index contributed by atoms with van der Waals surface area (Å²) >= 11 is 0. The van der Waals surface area contributed by atoms with Gasteiger partial charge in [-0.25, -0.2) is 4.57 Å². The Kier molecular flexibility index (Phi) is 37.1. The summed E-state index contributed by atoms with van der Waals surface area (Å²) in [5.74, 6) is -2.44. The van der Waals surface area contributed by atoms with Crippen LogP contribution in [0.5, 0.6) is 0 Å². The van der Waals surface area contributed by atoms with Crippen LogP contribution in [0, 0.1) is 0 Å². The molecule has 11 nitrogen and oxygen atoms in total. The Labute approximate surface area is 338 Å². The van der Waals surface area contributed by atoms with Crippen LogP contribution in [0.3, 0.4) is 0 Å². The number of ether oxygens (including phenoxy) is 2. The average Bonchev–Trinajstić information content (AvgIpc) is 3.17. The van der Waals surface area contributed by atoms with Gasteiger partial charge >= 0.3 is 25.7 Å². The van der Waals surface area contributed by atoms with Crippen molar-refractivity contribution < 1.29 is 47.5 Å². The molecule has 322 valence electrons. The van der Waals surface area contributed by atoms with Crippen LogP contribution in [0.15, 0.2) is 60.8 Å². The molecule has 4 N–H and O–H groups in total. The summed E-state index contributed by atoms with van der Waals surface area (Å²) in [5.41, 5.74) is 5.32. The third-order valence-electron chi connectivity index (χ3n) is 8.84. The fourth-order valence-corrected chi connectivity index (χ4v) is 6.26. The minimum Gasteiger partial charge on any atom is -0.480 e. The van der Waals surface area contributed by atoms with Crippen molar-refractivity contribution in [1.29, 1.82) is 0 Å². The van der Waals surface area contributed by atoms with E-state index in [0.29, 0.717) is 12.8 Å². The van der Waals surface area contributed by atoms with Gasteiger partial charge in [-0.05, 0) is 57.8 Å². The molecule has 3 atom stereocenters.